The third kappa shape index (κ3) is 4.36. The number of benzene rings is 1. The van der Waals surface area contributed by atoms with E-state index in [0.29, 0.717) is 29.8 Å². The summed E-state index contributed by atoms with van der Waals surface area (Å²) in [5.74, 6) is 2.33. The van der Waals surface area contributed by atoms with Crippen molar-refractivity contribution in [2.75, 3.05) is 36.1 Å². The molecule has 2 aromatic rings. The molecular weight excluding hydrogens is 442 g/mol. The number of anilines is 3. The Morgan fingerprint density at radius 1 is 1.15 bits per heavy atom. The highest BCUT2D eigenvalue weighted by Crippen LogP contribution is 2.47. The molecule has 0 bridgehead atoms. The number of carbonyl (C=O) groups is 1. The van der Waals surface area contributed by atoms with Gasteiger partial charge in [-0.2, -0.15) is 0 Å². The number of carbonyl (C=O) groups excluding carboxylic acids is 1. The van der Waals surface area contributed by atoms with Crippen LogP contribution in [0.25, 0.3) is 0 Å². The highest BCUT2D eigenvalue weighted by Gasteiger charge is 2.57. The molecule has 3 aliphatic rings. The Morgan fingerprint density at radius 3 is 2.55 bits per heavy atom. The van der Waals surface area contributed by atoms with E-state index in [2.05, 4.69) is 20.2 Å². The van der Waals surface area contributed by atoms with Crippen LogP contribution in [0.1, 0.15) is 26.3 Å². The fraction of sp³-hybridized carbons (Fsp3) is 0.522. The molecule has 3 atom stereocenters. The van der Waals surface area contributed by atoms with Crippen LogP contribution in [0.15, 0.2) is 35.5 Å². The standard InChI is InChI=1S/C23H29N5O4S/c1-23(2,3)32-22(29)27-11-16-17(12-27)21(16)26-19-10-20(25-13-24-19)28-8-7-14-9-15(33(4,30)31)5-6-18(14)28/h5-6,9-10,13,16-17,21H,7-8,11-12H2,1-4H3,(H,24,25,26)/t16-,17+,21?. The molecule has 176 valence electrons. The second kappa shape index (κ2) is 7.58. The number of hydrogen-bond acceptors (Lipinski definition) is 8. The van der Waals surface area contributed by atoms with Crippen LogP contribution in [-0.4, -0.2) is 66.9 Å². The number of fused-ring (bicyclic) bond motifs is 2. The van der Waals surface area contributed by atoms with Crippen LogP contribution in [-0.2, 0) is 21.0 Å². The smallest absolute Gasteiger partial charge is 0.410 e. The lowest BCUT2D eigenvalue weighted by atomic mass is 10.2. The van der Waals surface area contributed by atoms with Gasteiger partial charge in [0.2, 0.25) is 0 Å². The van der Waals surface area contributed by atoms with Crippen LogP contribution < -0.4 is 10.2 Å². The van der Waals surface area contributed by atoms with Gasteiger partial charge in [0, 0.05) is 55.5 Å². The van der Waals surface area contributed by atoms with E-state index in [1.807, 2.05) is 32.9 Å². The summed E-state index contributed by atoms with van der Waals surface area (Å²) in [6.45, 7) is 7.75. The molecule has 1 aromatic heterocycles. The number of hydrogen-bond donors (Lipinski definition) is 1. The highest BCUT2D eigenvalue weighted by molar-refractivity contribution is 7.90. The fourth-order valence-electron chi connectivity index (χ4n) is 4.81. The molecule has 1 N–H and O–H groups in total. The summed E-state index contributed by atoms with van der Waals surface area (Å²) in [7, 11) is -3.23. The number of nitrogens with one attached hydrogen (secondary N) is 1. The van der Waals surface area contributed by atoms with Crippen LogP contribution in [0.2, 0.25) is 0 Å². The molecule has 9 nitrogen and oxygen atoms in total. The van der Waals surface area contributed by atoms with Crippen molar-refractivity contribution in [3.63, 3.8) is 0 Å². The van der Waals surface area contributed by atoms with Gasteiger partial charge < -0.3 is 19.9 Å². The fourth-order valence-corrected chi connectivity index (χ4v) is 5.48. The summed E-state index contributed by atoms with van der Waals surface area (Å²) in [4.78, 5) is 25.3. The van der Waals surface area contributed by atoms with Gasteiger partial charge in [-0.05, 0) is 51.0 Å². The van der Waals surface area contributed by atoms with Crippen molar-refractivity contribution in [1.82, 2.24) is 14.9 Å². The Bertz CT molecular complexity index is 1200. The second-order valence-corrected chi connectivity index (χ2v) is 12.1. The summed E-state index contributed by atoms with van der Waals surface area (Å²) < 4.78 is 29.2. The average Bonchev–Trinajstić information content (AvgIpc) is 3.10. The van der Waals surface area contributed by atoms with Crippen molar-refractivity contribution in [2.24, 2.45) is 11.8 Å². The number of likely N-dealkylation sites (tertiary alicyclic amines) is 1. The predicted octanol–water partition coefficient (Wildman–Crippen LogP) is 2.85. The zero-order valence-electron chi connectivity index (χ0n) is 19.3. The van der Waals surface area contributed by atoms with Gasteiger partial charge in [0.15, 0.2) is 9.84 Å². The zero-order valence-corrected chi connectivity index (χ0v) is 20.1. The molecule has 1 saturated heterocycles. The molecule has 0 spiro atoms. The van der Waals surface area contributed by atoms with Crippen molar-refractivity contribution < 1.29 is 17.9 Å². The van der Waals surface area contributed by atoms with Gasteiger partial charge in [0.05, 0.1) is 4.90 Å². The molecule has 5 rings (SSSR count). The number of piperidine rings is 1. The Kier molecular flexibility index (Phi) is 5.04. The third-order valence-electron chi connectivity index (χ3n) is 6.46. The predicted molar refractivity (Wildman–Crippen MR) is 124 cm³/mol. The maximum atomic E-state index is 12.3. The van der Waals surface area contributed by atoms with E-state index in [1.54, 1.807) is 23.4 Å². The monoisotopic (exact) mass is 471 g/mol. The highest BCUT2D eigenvalue weighted by atomic mass is 32.2. The van der Waals surface area contributed by atoms with Gasteiger partial charge in [0.25, 0.3) is 0 Å². The van der Waals surface area contributed by atoms with Crippen molar-refractivity contribution in [2.45, 2.75) is 43.7 Å². The molecule has 1 aromatic carbocycles. The van der Waals surface area contributed by atoms with E-state index in [0.717, 1.165) is 35.9 Å². The van der Waals surface area contributed by atoms with Gasteiger partial charge in [-0.15, -0.1) is 0 Å². The minimum absolute atomic E-state index is 0.246. The first-order chi connectivity index (χ1) is 15.5. The number of aromatic nitrogens is 2. The van der Waals surface area contributed by atoms with Crippen molar-refractivity contribution in [3.8, 4) is 0 Å². The number of ether oxygens (including phenoxy) is 1. The minimum atomic E-state index is -3.23. The topological polar surface area (TPSA) is 105 Å². The van der Waals surface area contributed by atoms with Crippen LogP contribution in [0.4, 0.5) is 22.1 Å². The number of amides is 1. The summed E-state index contributed by atoms with van der Waals surface area (Å²) in [6.07, 6.45) is 3.29. The van der Waals surface area contributed by atoms with Crippen molar-refractivity contribution >= 4 is 33.3 Å². The second-order valence-electron chi connectivity index (χ2n) is 10.1. The summed E-state index contributed by atoms with van der Waals surface area (Å²) in [6, 6.07) is 7.47. The van der Waals surface area contributed by atoms with Crippen LogP contribution in [0.5, 0.6) is 0 Å². The van der Waals surface area contributed by atoms with Gasteiger partial charge in [-0.1, -0.05) is 0 Å². The Balaban J connectivity index is 1.24. The van der Waals surface area contributed by atoms with Crippen LogP contribution in [0, 0.1) is 11.8 Å². The van der Waals surface area contributed by atoms with Crippen LogP contribution in [0.3, 0.4) is 0 Å². The van der Waals surface area contributed by atoms with Crippen molar-refractivity contribution in [3.05, 3.63) is 36.2 Å². The zero-order chi connectivity index (χ0) is 23.5. The molecule has 10 heteroatoms. The normalized spacial score (nSPS) is 23.8. The first-order valence-corrected chi connectivity index (χ1v) is 13.1. The Morgan fingerprint density at radius 2 is 1.88 bits per heavy atom. The lowest BCUT2D eigenvalue weighted by molar-refractivity contribution is 0.0272. The molecular formula is C23H29N5O4S. The largest absolute Gasteiger partial charge is 0.444 e. The lowest BCUT2D eigenvalue weighted by Crippen LogP contribution is -2.38. The van der Waals surface area contributed by atoms with E-state index in [4.69, 9.17) is 4.74 Å². The summed E-state index contributed by atoms with van der Waals surface area (Å²) in [5.41, 5.74) is 1.49. The lowest BCUT2D eigenvalue weighted by Gasteiger charge is -2.26. The summed E-state index contributed by atoms with van der Waals surface area (Å²) >= 11 is 0. The third-order valence-corrected chi connectivity index (χ3v) is 7.57. The van der Waals surface area contributed by atoms with Gasteiger partial charge in [0.1, 0.15) is 23.6 Å². The molecule has 33 heavy (non-hydrogen) atoms. The maximum Gasteiger partial charge on any atom is 0.410 e. The number of sulfone groups is 1. The Hall–Kier alpha value is -2.88. The summed E-state index contributed by atoms with van der Waals surface area (Å²) in [5, 5.41) is 3.51. The average molecular weight is 472 g/mol. The van der Waals surface area contributed by atoms with Gasteiger partial charge in [-0.3, -0.25) is 0 Å². The van der Waals surface area contributed by atoms with Gasteiger partial charge >= 0.3 is 6.09 Å². The minimum Gasteiger partial charge on any atom is -0.444 e. The SMILES string of the molecule is CC(C)(C)OC(=O)N1C[C@@H]2C(Nc3cc(N4CCc5cc(S(C)(=O)=O)ccc54)ncn3)[C@@H]2C1. The van der Waals surface area contributed by atoms with E-state index < -0.39 is 15.4 Å². The first kappa shape index (κ1) is 21.9. The quantitative estimate of drug-likeness (QED) is 0.726. The van der Waals surface area contributed by atoms with Crippen molar-refractivity contribution in [1.29, 1.82) is 0 Å². The Labute approximate surface area is 194 Å². The molecule has 1 unspecified atom stereocenters. The molecule has 0 radical (unpaired) electrons. The first-order valence-electron chi connectivity index (χ1n) is 11.2. The molecule has 1 aliphatic carbocycles. The molecule has 2 fully saturated rings. The van der Waals surface area contributed by atoms with E-state index in [1.165, 1.54) is 6.26 Å². The molecule has 2 aliphatic heterocycles. The number of rotatable bonds is 4. The van der Waals surface area contributed by atoms with E-state index in [9.17, 15) is 13.2 Å². The van der Waals surface area contributed by atoms with Gasteiger partial charge in [-0.25, -0.2) is 23.2 Å². The molecule has 1 saturated carbocycles. The molecule has 1 amide bonds. The van der Waals surface area contributed by atoms with E-state index in [-0.39, 0.29) is 12.1 Å². The maximum absolute atomic E-state index is 12.3. The van der Waals surface area contributed by atoms with E-state index >= 15 is 0 Å². The molecule has 3 heterocycles. The van der Waals surface area contributed by atoms with Crippen LogP contribution >= 0.6 is 0 Å². The number of nitrogens with zero attached hydrogens (tertiary/aromatic N) is 4.